The van der Waals surface area contributed by atoms with Crippen LogP contribution in [0.25, 0.3) is 0 Å². The fourth-order valence-electron chi connectivity index (χ4n) is 1.19. The molecule has 0 saturated carbocycles. The Bertz CT molecular complexity index is 501. The second kappa shape index (κ2) is 5.74. The van der Waals surface area contributed by atoms with E-state index in [1.807, 2.05) is 0 Å². The number of nitrogens with one attached hydrogen (secondary N) is 1. The second-order valence-electron chi connectivity index (χ2n) is 3.33. The summed E-state index contributed by atoms with van der Waals surface area (Å²) in [7, 11) is -3.91. The first-order chi connectivity index (χ1) is 7.93. The Kier molecular flexibility index (Phi) is 4.59. The van der Waals surface area contributed by atoms with Crippen LogP contribution in [0.15, 0.2) is 29.2 Å². The molecule has 17 heavy (non-hydrogen) atoms. The summed E-state index contributed by atoms with van der Waals surface area (Å²) in [6.07, 6.45) is 0.0167. The average molecular weight is 261 g/mol. The highest BCUT2D eigenvalue weighted by molar-refractivity contribution is 7.89. The lowest BCUT2D eigenvalue weighted by Crippen LogP contribution is -2.26. The van der Waals surface area contributed by atoms with Crippen molar-refractivity contribution in [2.24, 2.45) is 0 Å². The highest BCUT2D eigenvalue weighted by Gasteiger charge is 2.17. The van der Waals surface area contributed by atoms with Crippen molar-refractivity contribution in [1.29, 1.82) is 0 Å². The summed E-state index contributed by atoms with van der Waals surface area (Å²) in [5.41, 5.74) is 0. The van der Waals surface area contributed by atoms with Crippen LogP contribution in [0.1, 0.15) is 12.8 Å². The van der Waals surface area contributed by atoms with Crippen molar-refractivity contribution in [3.05, 3.63) is 30.1 Å². The van der Waals surface area contributed by atoms with Crippen LogP contribution in [-0.4, -0.2) is 26.0 Å². The maximum atomic E-state index is 13.2. The van der Waals surface area contributed by atoms with Crippen LogP contribution >= 0.6 is 0 Å². The molecule has 0 amide bonds. The van der Waals surface area contributed by atoms with E-state index in [0.717, 1.165) is 12.1 Å². The van der Waals surface area contributed by atoms with Gasteiger partial charge in [0.15, 0.2) is 0 Å². The normalized spacial score (nSPS) is 11.4. The lowest BCUT2D eigenvalue weighted by atomic mass is 10.3. The van der Waals surface area contributed by atoms with Gasteiger partial charge in [-0.3, -0.25) is 4.79 Å². The molecule has 0 saturated heterocycles. The minimum atomic E-state index is -3.91. The number of rotatable bonds is 6. The molecule has 7 heteroatoms. The highest BCUT2D eigenvalue weighted by Crippen LogP contribution is 2.12. The molecule has 1 aromatic carbocycles. The van der Waals surface area contributed by atoms with E-state index in [-0.39, 0.29) is 19.4 Å². The summed E-state index contributed by atoms with van der Waals surface area (Å²) < 4.78 is 38.5. The van der Waals surface area contributed by atoms with Crippen LogP contribution in [0.2, 0.25) is 0 Å². The predicted octanol–water partition coefficient (Wildman–Crippen LogP) is 0.969. The summed E-state index contributed by atoms with van der Waals surface area (Å²) in [6.45, 7) is -0.0387. The molecule has 1 aromatic rings. The molecule has 0 bridgehead atoms. The number of carbonyl (C=O) groups is 1. The molecule has 0 aromatic heterocycles. The summed E-state index contributed by atoms with van der Waals surface area (Å²) in [6, 6.07) is 4.99. The van der Waals surface area contributed by atoms with E-state index in [1.165, 1.54) is 12.1 Å². The van der Waals surface area contributed by atoms with Crippen molar-refractivity contribution < 1.29 is 22.7 Å². The minimum absolute atomic E-state index is 0.0387. The van der Waals surface area contributed by atoms with Gasteiger partial charge < -0.3 is 5.11 Å². The first-order valence-electron chi connectivity index (χ1n) is 4.89. The Balaban J connectivity index is 2.64. The Morgan fingerprint density at radius 1 is 1.35 bits per heavy atom. The smallest absolute Gasteiger partial charge is 0.303 e. The number of sulfonamides is 1. The van der Waals surface area contributed by atoms with Gasteiger partial charge in [-0.1, -0.05) is 12.1 Å². The summed E-state index contributed by atoms with van der Waals surface area (Å²) in [4.78, 5) is 9.78. The van der Waals surface area contributed by atoms with Gasteiger partial charge in [0.25, 0.3) is 0 Å². The lowest BCUT2D eigenvalue weighted by Gasteiger charge is -2.06. The van der Waals surface area contributed by atoms with Crippen LogP contribution in [0, 0.1) is 5.82 Å². The third-order valence-electron chi connectivity index (χ3n) is 1.99. The van der Waals surface area contributed by atoms with Gasteiger partial charge >= 0.3 is 5.97 Å². The van der Waals surface area contributed by atoms with Gasteiger partial charge in [0, 0.05) is 13.0 Å². The maximum Gasteiger partial charge on any atom is 0.303 e. The molecule has 94 valence electrons. The summed E-state index contributed by atoms with van der Waals surface area (Å²) in [5, 5.41) is 8.37. The Morgan fingerprint density at radius 3 is 2.59 bits per heavy atom. The number of hydrogen-bond donors (Lipinski definition) is 2. The number of carboxylic acids is 1. The van der Waals surface area contributed by atoms with Crippen LogP contribution in [0.3, 0.4) is 0 Å². The number of carboxylic acid groups (broad SMARTS) is 1. The minimum Gasteiger partial charge on any atom is -0.481 e. The van der Waals surface area contributed by atoms with E-state index in [1.54, 1.807) is 0 Å². The van der Waals surface area contributed by atoms with E-state index >= 15 is 0 Å². The molecular weight excluding hydrogens is 249 g/mol. The van der Waals surface area contributed by atoms with Gasteiger partial charge in [-0.15, -0.1) is 0 Å². The summed E-state index contributed by atoms with van der Waals surface area (Å²) >= 11 is 0. The maximum absolute atomic E-state index is 13.2. The van der Waals surface area contributed by atoms with Crippen molar-refractivity contribution in [3.63, 3.8) is 0 Å². The SMILES string of the molecule is O=C(O)CCCNS(=O)(=O)c1ccccc1F. The molecular formula is C10H12FNO4S. The summed E-state index contributed by atoms with van der Waals surface area (Å²) in [5.74, 6) is -1.84. The van der Waals surface area contributed by atoms with Gasteiger partial charge in [-0.2, -0.15) is 0 Å². The monoisotopic (exact) mass is 261 g/mol. The quantitative estimate of drug-likeness (QED) is 0.747. The standard InChI is InChI=1S/C10H12FNO4S/c11-8-4-1-2-5-9(8)17(15,16)12-7-3-6-10(13)14/h1-2,4-5,12H,3,6-7H2,(H,13,14). The zero-order valence-electron chi connectivity index (χ0n) is 8.89. The van der Waals surface area contributed by atoms with Gasteiger partial charge in [0.1, 0.15) is 10.7 Å². The fourth-order valence-corrected chi connectivity index (χ4v) is 2.34. The van der Waals surface area contributed by atoms with E-state index < -0.39 is 26.7 Å². The van der Waals surface area contributed by atoms with Gasteiger partial charge in [0.2, 0.25) is 10.0 Å². The van der Waals surface area contributed by atoms with Crippen LogP contribution in [0.4, 0.5) is 4.39 Å². The average Bonchev–Trinajstić information content (AvgIpc) is 2.24. The number of halogens is 1. The molecule has 0 heterocycles. The zero-order valence-corrected chi connectivity index (χ0v) is 9.71. The Hall–Kier alpha value is -1.47. The number of aliphatic carboxylic acids is 1. The van der Waals surface area contributed by atoms with E-state index in [2.05, 4.69) is 4.72 Å². The number of hydrogen-bond acceptors (Lipinski definition) is 3. The van der Waals surface area contributed by atoms with Crippen LogP contribution < -0.4 is 4.72 Å². The molecule has 0 atom stereocenters. The lowest BCUT2D eigenvalue weighted by molar-refractivity contribution is -0.137. The third-order valence-corrected chi connectivity index (χ3v) is 3.48. The Morgan fingerprint density at radius 2 is 2.00 bits per heavy atom. The zero-order chi connectivity index (χ0) is 12.9. The largest absolute Gasteiger partial charge is 0.481 e. The molecule has 1 rings (SSSR count). The third kappa shape index (κ3) is 4.12. The Labute approximate surface area is 98.3 Å². The van der Waals surface area contributed by atoms with E-state index in [9.17, 15) is 17.6 Å². The predicted molar refractivity (Wildman–Crippen MR) is 58.5 cm³/mol. The van der Waals surface area contributed by atoms with Gasteiger partial charge in [-0.05, 0) is 18.6 Å². The number of benzene rings is 1. The molecule has 0 aliphatic heterocycles. The topological polar surface area (TPSA) is 83.5 Å². The van der Waals surface area contributed by atoms with Crippen LogP contribution in [0.5, 0.6) is 0 Å². The molecule has 0 spiro atoms. The van der Waals surface area contributed by atoms with Crippen molar-refractivity contribution in [1.82, 2.24) is 4.72 Å². The molecule has 0 unspecified atom stereocenters. The van der Waals surface area contributed by atoms with Crippen molar-refractivity contribution in [3.8, 4) is 0 Å². The first-order valence-corrected chi connectivity index (χ1v) is 6.38. The van der Waals surface area contributed by atoms with Gasteiger partial charge in [0.05, 0.1) is 0 Å². The fraction of sp³-hybridized carbons (Fsp3) is 0.300. The van der Waals surface area contributed by atoms with Crippen molar-refractivity contribution in [2.45, 2.75) is 17.7 Å². The molecule has 2 N–H and O–H groups in total. The van der Waals surface area contributed by atoms with Gasteiger partial charge in [-0.25, -0.2) is 17.5 Å². The van der Waals surface area contributed by atoms with E-state index in [4.69, 9.17) is 5.11 Å². The molecule has 0 aliphatic rings. The molecule has 0 aliphatic carbocycles. The first kappa shape index (κ1) is 13.6. The van der Waals surface area contributed by atoms with Crippen molar-refractivity contribution >= 4 is 16.0 Å². The van der Waals surface area contributed by atoms with Crippen molar-refractivity contribution in [2.75, 3.05) is 6.54 Å². The molecule has 5 nitrogen and oxygen atoms in total. The highest BCUT2D eigenvalue weighted by atomic mass is 32.2. The second-order valence-corrected chi connectivity index (χ2v) is 5.06. The van der Waals surface area contributed by atoms with E-state index in [0.29, 0.717) is 0 Å². The molecule has 0 fully saturated rings. The van der Waals surface area contributed by atoms with Crippen LogP contribution in [-0.2, 0) is 14.8 Å². The molecule has 0 radical (unpaired) electrons.